The van der Waals surface area contributed by atoms with Crippen molar-refractivity contribution < 1.29 is 14.4 Å². The third kappa shape index (κ3) is 3.42. The Bertz CT molecular complexity index is 608. The topological polar surface area (TPSA) is 84.5 Å². The highest BCUT2D eigenvalue weighted by Gasteiger charge is 2.19. The van der Waals surface area contributed by atoms with Crippen molar-refractivity contribution in [3.8, 4) is 11.5 Å². The van der Waals surface area contributed by atoms with Crippen LogP contribution in [0.1, 0.15) is 18.7 Å². The molecule has 0 amide bonds. The zero-order chi connectivity index (χ0) is 15.4. The summed E-state index contributed by atoms with van der Waals surface area (Å²) in [5.74, 6) is 2.00. The molecule has 7 nitrogen and oxygen atoms in total. The SMILES string of the molecule is COCCc1noc(-c2ccnc(N3CCC(O)CC3)c2)n1. The van der Waals surface area contributed by atoms with Crippen LogP contribution in [0.25, 0.3) is 11.5 Å². The van der Waals surface area contributed by atoms with Gasteiger partial charge in [0.1, 0.15) is 5.82 Å². The number of hydrogen-bond donors (Lipinski definition) is 1. The number of hydrogen-bond acceptors (Lipinski definition) is 7. The average molecular weight is 304 g/mol. The zero-order valence-electron chi connectivity index (χ0n) is 12.6. The lowest BCUT2D eigenvalue weighted by Gasteiger charge is -2.30. The summed E-state index contributed by atoms with van der Waals surface area (Å²) >= 11 is 0. The van der Waals surface area contributed by atoms with E-state index in [1.54, 1.807) is 13.3 Å². The van der Waals surface area contributed by atoms with E-state index in [1.165, 1.54) is 0 Å². The molecule has 0 atom stereocenters. The Balaban J connectivity index is 1.74. The fraction of sp³-hybridized carbons (Fsp3) is 0.533. The van der Waals surface area contributed by atoms with Crippen molar-refractivity contribution in [3.63, 3.8) is 0 Å². The van der Waals surface area contributed by atoms with Crippen LogP contribution in [0.3, 0.4) is 0 Å². The summed E-state index contributed by atoms with van der Waals surface area (Å²) in [6.45, 7) is 2.18. The molecule has 1 N–H and O–H groups in total. The molecule has 2 aromatic rings. The molecule has 22 heavy (non-hydrogen) atoms. The predicted molar refractivity (Wildman–Crippen MR) is 80.6 cm³/mol. The quantitative estimate of drug-likeness (QED) is 0.890. The first-order valence-electron chi connectivity index (χ1n) is 7.47. The van der Waals surface area contributed by atoms with E-state index in [-0.39, 0.29) is 6.10 Å². The number of methoxy groups -OCH3 is 1. The van der Waals surface area contributed by atoms with Crippen molar-refractivity contribution in [1.82, 2.24) is 15.1 Å². The van der Waals surface area contributed by atoms with Crippen LogP contribution < -0.4 is 4.90 Å². The van der Waals surface area contributed by atoms with Crippen molar-refractivity contribution in [2.45, 2.75) is 25.4 Å². The summed E-state index contributed by atoms with van der Waals surface area (Å²) in [5, 5.41) is 13.5. The van der Waals surface area contributed by atoms with Crippen LogP contribution in [0.2, 0.25) is 0 Å². The van der Waals surface area contributed by atoms with Crippen LogP contribution in [0.4, 0.5) is 5.82 Å². The molecule has 0 bridgehead atoms. The molecule has 1 saturated heterocycles. The second kappa shape index (κ2) is 6.85. The van der Waals surface area contributed by atoms with Gasteiger partial charge in [-0.25, -0.2) is 4.98 Å². The van der Waals surface area contributed by atoms with E-state index in [9.17, 15) is 5.11 Å². The highest BCUT2D eigenvalue weighted by molar-refractivity contribution is 5.58. The molecule has 1 fully saturated rings. The predicted octanol–water partition coefficient (Wildman–Crippen LogP) is 1.28. The minimum atomic E-state index is -0.196. The summed E-state index contributed by atoms with van der Waals surface area (Å²) in [5.41, 5.74) is 0.854. The number of rotatable bonds is 5. The van der Waals surface area contributed by atoms with Gasteiger partial charge in [-0.2, -0.15) is 4.98 Å². The standard InChI is InChI=1S/C15H20N4O3/c1-21-9-5-13-17-15(22-18-13)11-2-6-16-14(10-11)19-7-3-12(20)4-8-19/h2,6,10,12,20H,3-5,7-9H2,1H3. The molecule has 7 heteroatoms. The number of nitrogens with zero attached hydrogens (tertiary/aromatic N) is 4. The molecular weight excluding hydrogens is 284 g/mol. The van der Waals surface area contributed by atoms with Gasteiger partial charge in [-0.15, -0.1) is 0 Å². The number of aliphatic hydroxyl groups is 1. The summed E-state index contributed by atoms with van der Waals surface area (Å²) in [6.07, 6.45) is 3.72. The van der Waals surface area contributed by atoms with Crippen molar-refractivity contribution >= 4 is 5.82 Å². The number of piperidine rings is 1. The van der Waals surface area contributed by atoms with E-state index in [0.717, 1.165) is 37.3 Å². The molecule has 1 aliphatic rings. The summed E-state index contributed by atoms with van der Waals surface area (Å²) in [4.78, 5) is 10.9. The van der Waals surface area contributed by atoms with E-state index >= 15 is 0 Å². The molecule has 3 rings (SSSR count). The molecule has 0 aromatic carbocycles. The monoisotopic (exact) mass is 304 g/mol. The van der Waals surface area contributed by atoms with Gasteiger partial charge >= 0.3 is 0 Å². The van der Waals surface area contributed by atoms with Crippen LogP contribution >= 0.6 is 0 Å². The van der Waals surface area contributed by atoms with Gasteiger partial charge in [-0.1, -0.05) is 5.16 Å². The Morgan fingerprint density at radius 2 is 2.23 bits per heavy atom. The van der Waals surface area contributed by atoms with Crippen LogP contribution in [0, 0.1) is 0 Å². The third-order valence-electron chi connectivity index (χ3n) is 3.78. The minimum absolute atomic E-state index is 0.196. The van der Waals surface area contributed by atoms with E-state index in [0.29, 0.717) is 24.7 Å². The minimum Gasteiger partial charge on any atom is -0.393 e. The Kier molecular flexibility index (Phi) is 4.65. The summed E-state index contributed by atoms with van der Waals surface area (Å²) in [7, 11) is 1.64. The fourth-order valence-corrected chi connectivity index (χ4v) is 2.49. The maximum atomic E-state index is 9.59. The first-order chi connectivity index (χ1) is 10.8. The summed E-state index contributed by atoms with van der Waals surface area (Å²) in [6, 6.07) is 3.81. The molecule has 2 aromatic heterocycles. The van der Waals surface area contributed by atoms with Gasteiger partial charge in [0, 0.05) is 38.4 Å². The highest BCUT2D eigenvalue weighted by atomic mass is 16.5. The molecule has 0 spiro atoms. The molecule has 0 saturated carbocycles. The van der Waals surface area contributed by atoms with E-state index < -0.39 is 0 Å². The molecule has 3 heterocycles. The largest absolute Gasteiger partial charge is 0.393 e. The molecule has 1 aliphatic heterocycles. The first-order valence-corrected chi connectivity index (χ1v) is 7.47. The van der Waals surface area contributed by atoms with Crippen LogP contribution in [-0.4, -0.2) is 53.1 Å². The molecule has 118 valence electrons. The van der Waals surface area contributed by atoms with Gasteiger partial charge in [0.15, 0.2) is 5.82 Å². The van der Waals surface area contributed by atoms with Crippen molar-refractivity contribution in [2.75, 3.05) is 31.7 Å². The average Bonchev–Trinajstić information content (AvgIpc) is 3.03. The van der Waals surface area contributed by atoms with Gasteiger partial charge < -0.3 is 19.3 Å². The zero-order valence-corrected chi connectivity index (χ0v) is 12.6. The second-order valence-electron chi connectivity index (χ2n) is 5.38. The van der Waals surface area contributed by atoms with Crippen LogP contribution in [-0.2, 0) is 11.2 Å². The number of aromatic nitrogens is 3. The molecule has 0 aliphatic carbocycles. The first kappa shape index (κ1) is 14.9. The Hall–Kier alpha value is -1.99. The van der Waals surface area contributed by atoms with Crippen molar-refractivity contribution in [3.05, 3.63) is 24.2 Å². The Morgan fingerprint density at radius 1 is 1.41 bits per heavy atom. The van der Waals surface area contributed by atoms with Crippen LogP contribution in [0.5, 0.6) is 0 Å². The van der Waals surface area contributed by atoms with Gasteiger partial charge in [0.2, 0.25) is 0 Å². The lowest BCUT2D eigenvalue weighted by Crippen LogP contribution is -2.36. The van der Waals surface area contributed by atoms with Crippen molar-refractivity contribution in [1.29, 1.82) is 0 Å². The van der Waals surface area contributed by atoms with Crippen LogP contribution in [0.15, 0.2) is 22.9 Å². The van der Waals surface area contributed by atoms with Crippen molar-refractivity contribution in [2.24, 2.45) is 0 Å². The third-order valence-corrected chi connectivity index (χ3v) is 3.78. The van der Waals surface area contributed by atoms with Gasteiger partial charge in [0.25, 0.3) is 5.89 Å². The lowest BCUT2D eigenvalue weighted by molar-refractivity contribution is 0.145. The number of ether oxygens (including phenoxy) is 1. The maximum absolute atomic E-state index is 9.59. The van der Waals surface area contributed by atoms with Gasteiger partial charge in [-0.05, 0) is 25.0 Å². The number of anilines is 1. The smallest absolute Gasteiger partial charge is 0.258 e. The van der Waals surface area contributed by atoms with E-state index in [4.69, 9.17) is 9.26 Å². The molecule has 0 radical (unpaired) electrons. The number of pyridine rings is 1. The summed E-state index contributed by atoms with van der Waals surface area (Å²) < 4.78 is 10.3. The lowest BCUT2D eigenvalue weighted by atomic mass is 10.1. The van der Waals surface area contributed by atoms with Gasteiger partial charge in [0.05, 0.1) is 12.7 Å². The highest BCUT2D eigenvalue weighted by Crippen LogP contribution is 2.23. The molecular formula is C15H20N4O3. The van der Waals surface area contributed by atoms with E-state index in [2.05, 4.69) is 20.0 Å². The Morgan fingerprint density at radius 3 is 3.00 bits per heavy atom. The fourth-order valence-electron chi connectivity index (χ4n) is 2.49. The second-order valence-corrected chi connectivity index (χ2v) is 5.38. The Labute approximate surface area is 128 Å². The number of aliphatic hydroxyl groups excluding tert-OH is 1. The maximum Gasteiger partial charge on any atom is 0.258 e. The van der Waals surface area contributed by atoms with E-state index in [1.807, 2.05) is 12.1 Å². The van der Waals surface area contributed by atoms with Gasteiger partial charge in [-0.3, -0.25) is 0 Å². The molecule has 0 unspecified atom stereocenters. The normalized spacial score (nSPS) is 16.2.